The SMILES string of the molecule is COc1ccc(OC(=O)NCCOC(=O)N(O)C2CCCCC2)cc1. The summed E-state index contributed by atoms with van der Waals surface area (Å²) in [6.45, 7) is 0.0273. The average molecular weight is 352 g/mol. The minimum Gasteiger partial charge on any atom is -0.497 e. The fourth-order valence-corrected chi connectivity index (χ4v) is 2.62. The van der Waals surface area contributed by atoms with Gasteiger partial charge in [0.2, 0.25) is 0 Å². The summed E-state index contributed by atoms with van der Waals surface area (Å²) in [7, 11) is 1.55. The molecule has 0 aliphatic heterocycles. The van der Waals surface area contributed by atoms with Gasteiger partial charge >= 0.3 is 12.2 Å². The number of nitrogens with one attached hydrogen (secondary N) is 1. The highest BCUT2D eigenvalue weighted by atomic mass is 16.6. The molecule has 2 N–H and O–H groups in total. The van der Waals surface area contributed by atoms with Gasteiger partial charge < -0.3 is 19.5 Å². The standard InChI is InChI=1S/C17H24N2O6/c1-23-14-7-9-15(10-8-14)25-16(20)18-11-12-24-17(21)19(22)13-5-3-2-4-6-13/h7-10,13,22H,2-6,11-12H2,1H3,(H,18,20). The molecule has 1 aromatic rings. The molecule has 2 rings (SSSR count). The third-order valence-electron chi connectivity index (χ3n) is 3.97. The molecular formula is C17H24N2O6. The van der Waals surface area contributed by atoms with Crippen LogP contribution in [-0.2, 0) is 4.74 Å². The van der Waals surface area contributed by atoms with Crippen molar-refractivity contribution in [3.05, 3.63) is 24.3 Å². The van der Waals surface area contributed by atoms with Crippen molar-refractivity contribution in [3.8, 4) is 11.5 Å². The quantitative estimate of drug-likeness (QED) is 0.464. The highest BCUT2D eigenvalue weighted by molar-refractivity contribution is 5.70. The fraction of sp³-hybridized carbons (Fsp3) is 0.529. The minimum atomic E-state index is -0.794. The predicted molar refractivity (Wildman–Crippen MR) is 88.9 cm³/mol. The Bertz CT molecular complexity index is 557. The van der Waals surface area contributed by atoms with Gasteiger partial charge in [-0.1, -0.05) is 19.3 Å². The number of methoxy groups -OCH3 is 1. The molecule has 138 valence electrons. The first-order valence-electron chi connectivity index (χ1n) is 8.34. The zero-order valence-electron chi connectivity index (χ0n) is 14.3. The first-order valence-corrected chi connectivity index (χ1v) is 8.34. The summed E-state index contributed by atoms with van der Waals surface area (Å²) in [6, 6.07) is 6.37. The zero-order valence-corrected chi connectivity index (χ0v) is 14.3. The molecule has 0 atom stereocenters. The van der Waals surface area contributed by atoms with Crippen molar-refractivity contribution in [2.24, 2.45) is 0 Å². The van der Waals surface area contributed by atoms with Crippen molar-refractivity contribution >= 4 is 12.2 Å². The maximum atomic E-state index is 11.7. The monoisotopic (exact) mass is 352 g/mol. The van der Waals surface area contributed by atoms with Crippen LogP contribution in [0.3, 0.4) is 0 Å². The Morgan fingerprint density at radius 3 is 2.44 bits per heavy atom. The van der Waals surface area contributed by atoms with E-state index in [1.807, 2.05) is 0 Å². The van der Waals surface area contributed by atoms with E-state index in [1.54, 1.807) is 31.4 Å². The van der Waals surface area contributed by atoms with E-state index in [2.05, 4.69) is 5.32 Å². The van der Waals surface area contributed by atoms with Crippen LogP contribution >= 0.6 is 0 Å². The van der Waals surface area contributed by atoms with E-state index >= 15 is 0 Å². The van der Waals surface area contributed by atoms with Gasteiger partial charge in [-0.05, 0) is 37.1 Å². The second-order valence-corrected chi connectivity index (χ2v) is 5.74. The summed E-state index contributed by atoms with van der Waals surface area (Å²) < 4.78 is 15.0. The van der Waals surface area contributed by atoms with Crippen LogP contribution < -0.4 is 14.8 Å². The van der Waals surface area contributed by atoms with E-state index < -0.39 is 12.2 Å². The van der Waals surface area contributed by atoms with E-state index in [0.29, 0.717) is 16.6 Å². The number of hydrogen-bond acceptors (Lipinski definition) is 6. The lowest BCUT2D eigenvalue weighted by Crippen LogP contribution is -2.40. The molecule has 0 radical (unpaired) electrons. The number of nitrogens with zero attached hydrogens (tertiary/aromatic N) is 1. The first kappa shape index (κ1) is 18.9. The van der Waals surface area contributed by atoms with Gasteiger partial charge in [0.1, 0.15) is 18.1 Å². The topological polar surface area (TPSA) is 97.3 Å². The van der Waals surface area contributed by atoms with E-state index in [-0.39, 0.29) is 19.2 Å². The molecule has 2 amide bonds. The Morgan fingerprint density at radius 1 is 1.16 bits per heavy atom. The average Bonchev–Trinajstić information content (AvgIpc) is 2.65. The third-order valence-corrected chi connectivity index (χ3v) is 3.97. The summed E-state index contributed by atoms with van der Waals surface area (Å²) in [6.07, 6.45) is 3.21. The molecule has 0 bridgehead atoms. The molecular weight excluding hydrogens is 328 g/mol. The molecule has 1 fully saturated rings. The van der Waals surface area contributed by atoms with Gasteiger partial charge in [-0.3, -0.25) is 5.21 Å². The lowest BCUT2D eigenvalue weighted by atomic mass is 9.95. The maximum Gasteiger partial charge on any atom is 0.434 e. The van der Waals surface area contributed by atoms with Gasteiger partial charge in [0.25, 0.3) is 0 Å². The Balaban J connectivity index is 1.62. The zero-order chi connectivity index (χ0) is 18.1. The number of ether oxygens (including phenoxy) is 3. The Morgan fingerprint density at radius 2 is 1.80 bits per heavy atom. The van der Waals surface area contributed by atoms with Crippen molar-refractivity contribution in [1.82, 2.24) is 10.4 Å². The number of carbonyl (C=O) groups is 2. The van der Waals surface area contributed by atoms with E-state index in [1.165, 1.54) is 0 Å². The Labute approximate surface area is 146 Å². The third kappa shape index (κ3) is 6.15. The predicted octanol–water partition coefficient (Wildman–Crippen LogP) is 2.94. The summed E-state index contributed by atoms with van der Waals surface area (Å²) in [5.74, 6) is 1.03. The lowest BCUT2D eigenvalue weighted by molar-refractivity contribution is -0.111. The molecule has 1 aliphatic carbocycles. The van der Waals surface area contributed by atoms with Crippen LogP contribution in [0.4, 0.5) is 9.59 Å². The van der Waals surface area contributed by atoms with Crippen LogP contribution in [0.15, 0.2) is 24.3 Å². The largest absolute Gasteiger partial charge is 0.497 e. The smallest absolute Gasteiger partial charge is 0.434 e. The molecule has 0 heterocycles. The number of benzene rings is 1. The van der Waals surface area contributed by atoms with Gasteiger partial charge in [0, 0.05) is 0 Å². The normalized spacial score (nSPS) is 14.5. The molecule has 1 aromatic carbocycles. The van der Waals surface area contributed by atoms with Crippen LogP contribution in [0.25, 0.3) is 0 Å². The van der Waals surface area contributed by atoms with Gasteiger partial charge in [-0.25, -0.2) is 9.59 Å². The molecule has 0 spiro atoms. The number of hydroxylamine groups is 2. The van der Waals surface area contributed by atoms with Gasteiger partial charge in [0.15, 0.2) is 0 Å². The van der Waals surface area contributed by atoms with E-state index in [9.17, 15) is 14.8 Å². The first-order chi connectivity index (χ1) is 12.1. The van der Waals surface area contributed by atoms with Crippen LogP contribution in [0, 0.1) is 0 Å². The van der Waals surface area contributed by atoms with Crippen molar-refractivity contribution < 1.29 is 29.0 Å². The van der Waals surface area contributed by atoms with Crippen molar-refractivity contribution in [3.63, 3.8) is 0 Å². The highest BCUT2D eigenvalue weighted by Gasteiger charge is 2.25. The lowest BCUT2D eigenvalue weighted by Gasteiger charge is -2.28. The number of carbonyl (C=O) groups excluding carboxylic acids is 2. The Kier molecular flexibility index (Phi) is 7.34. The summed E-state index contributed by atoms with van der Waals surface area (Å²) in [5, 5.41) is 13.0. The molecule has 8 nitrogen and oxygen atoms in total. The van der Waals surface area contributed by atoms with Crippen molar-refractivity contribution in [2.75, 3.05) is 20.3 Å². The highest BCUT2D eigenvalue weighted by Crippen LogP contribution is 2.21. The molecule has 0 unspecified atom stereocenters. The summed E-state index contributed by atoms with van der Waals surface area (Å²) in [5.41, 5.74) is 0. The molecule has 8 heteroatoms. The fourth-order valence-electron chi connectivity index (χ4n) is 2.62. The summed E-state index contributed by atoms with van der Waals surface area (Å²) >= 11 is 0. The van der Waals surface area contributed by atoms with Gasteiger partial charge in [0.05, 0.1) is 19.7 Å². The number of hydrogen-bond donors (Lipinski definition) is 2. The molecule has 0 saturated heterocycles. The van der Waals surface area contributed by atoms with E-state index in [4.69, 9.17) is 14.2 Å². The van der Waals surface area contributed by atoms with Crippen molar-refractivity contribution in [2.45, 2.75) is 38.1 Å². The molecule has 1 saturated carbocycles. The van der Waals surface area contributed by atoms with Crippen LogP contribution in [-0.4, -0.2) is 48.8 Å². The molecule has 25 heavy (non-hydrogen) atoms. The van der Waals surface area contributed by atoms with Crippen LogP contribution in [0.5, 0.6) is 11.5 Å². The molecule has 0 aromatic heterocycles. The van der Waals surface area contributed by atoms with Gasteiger partial charge in [-0.15, -0.1) is 0 Å². The maximum absolute atomic E-state index is 11.7. The number of amides is 2. The van der Waals surface area contributed by atoms with Crippen molar-refractivity contribution in [1.29, 1.82) is 0 Å². The second-order valence-electron chi connectivity index (χ2n) is 5.74. The molecule has 1 aliphatic rings. The minimum absolute atomic E-state index is 0.0552. The number of rotatable bonds is 6. The van der Waals surface area contributed by atoms with Crippen LogP contribution in [0.1, 0.15) is 32.1 Å². The van der Waals surface area contributed by atoms with E-state index in [0.717, 1.165) is 32.1 Å². The Hall–Kier alpha value is -2.48. The summed E-state index contributed by atoms with van der Waals surface area (Å²) in [4.78, 5) is 23.4. The second kappa shape index (κ2) is 9.73. The van der Waals surface area contributed by atoms with Crippen LogP contribution in [0.2, 0.25) is 0 Å². The van der Waals surface area contributed by atoms with Gasteiger partial charge in [-0.2, -0.15) is 5.06 Å².